The van der Waals surface area contributed by atoms with E-state index >= 15 is 0 Å². The molecule has 0 bridgehead atoms. The molecule has 90 valence electrons. The fourth-order valence-electron chi connectivity index (χ4n) is 1.70. The predicted molar refractivity (Wildman–Crippen MR) is 65.9 cm³/mol. The highest BCUT2D eigenvalue weighted by molar-refractivity contribution is 5.37. The van der Waals surface area contributed by atoms with Crippen LogP contribution in [0.1, 0.15) is 25.2 Å². The minimum absolute atomic E-state index is 0.260. The van der Waals surface area contributed by atoms with Crippen molar-refractivity contribution in [2.24, 2.45) is 0 Å². The van der Waals surface area contributed by atoms with E-state index in [4.69, 9.17) is 10.5 Å². The molecule has 5 heteroatoms. The summed E-state index contributed by atoms with van der Waals surface area (Å²) in [6.07, 6.45) is 0. The topological polar surface area (TPSA) is 76.8 Å². The minimum Gasteiger partial charge on any atom is -0.497 e. The molecule has 1 heterocycles. The second-order valence-corrected chi connectivity index (χ2v) is 4.40. The summed E-state index contributed by atoms with van der Waals surface area (Å²) in [4.78, 5) is 4.18. The minimum atomic E-state index is -0.292. The van der Waals surface area contributed by atoms with E-state index < -0.39 is 0 Å². The van der Waals surface area contributed by atoms with Gasteiger partial charge in [0.2, 0.25) is 5.95 Å². The number of benzene rings is 1. The van der Waals surface area contributed by atoms with Gasteiger partial charge in [-0.05, 0) is 31.5 Å². The first kappa shape index (κ1) is 11.4. The Bertz CT molecular complexity index is 519. The van der Waals surface area contributed by atoms with Crippen molar-refractivity contribution in [1.82, 2.24) is 15.2 Å². The molecule has 0 saturated heterocycles. The maximum atomic E-state index is 5.53. The molecule has 0 spiro atoms. The Morgan fingerprint density at radius 3 is 2.71 bits per heavy atom. The number of aromatic nitrogens is 3. The van der Waals surface area contributed by atoms with Crippen LogP contribution >= 0.6 is 0 Å². The zero-order chi connectivity index (χ0) is 12.5. The first-order valence-corrected chi connectivity index (χ1v) is 5.37. The van der Waals surface area contributed by atoms with Gasteiger partial charge in [0.1, 0.15) is 11.6 Å². The lowest BCUT2D eigenvalue weighted by Gasteiger charge is -2.22. The van der Waals surface area contributed by atoms with E-state index in [9.17, 15) is 0 Å². The van der Waals surface area contributed by atoms with Crippen LogP contribution in [0.25, 0.3) is 0 Å². The SMILES string of the molecule is COc1cccc(C(C)(C)c2nc(N)n[nH]2)c1. The molecule has 0 aliphatic heterocycles. The summed E-state index contributed by atoms with van der Waals surface area (Å²) >= 11 is 0. The van der Waals surface area contributed by atoms with Crippen LogP contribution in [-0.4, -0.2) is 22.3 Å². The van der Waals surface area contributed by atoms with Gasteiger partial charge in [-0.2, -0.15) is 4.98 Å². The van der Waals surface area contributed by atoms with Gasteiger partial charge in [-0.15, -0.1) is 5.10 Å². The molecule has 0 unspecified atom stereocenters. The second-order valence-electron chi connectivity index (χ2n) is 4.40. The normalized spacial score (nSPS) is 11.5. The lowest BCUT2D eigenvalue weighted by Crippen LogP contribution is -2.21. The number of nitrogens with one attached hydrogen (secondary N) is 1. The molecule has 17 heavy (non-hydrogen) atoms. The molecule has 0 amide bonds. The molecule has 3 N–H and O–H groups in total. The first-order valence-electron chi connectivity index (χ1n) is 5.37. The average Bonchev–Trinajstić information content (AvgIpc) is 2.76. The van der Waals surface area contributed by atoms with Gasteiger partial charge in [-0.25, -0.2) is 0 Å². The molecule has 0 atom stereocenters. The van der Waals surface area contributed by atoms with Crippen LogP contribution in [0.4, 0.5) is 5.95 Å². The number of methoxy groups -OCH3 is 1. The van der Waals surface area contributed by atoms with E-state index in [0.717, 1.165) is 17.1 Å². The van der Waals surface area contributed by atoms with Crippen LogP contribution in [0.5, 0.6) is 5.75 Å². The van der Waals surface area contributed by atoms with Crippen molar-refractivity contribution in [3.05, 3.63) is 35.7 Å². The fourth-order valence-corrected chi connectivity index (χ4v) is 1.70. The van der Waals surface area contributed by atoms with Crippen molar-refractivity contribution in [2.45, 2.75) is 19.3 Å². The van der Waals surface area contributed by atoms with E-state index in [2.05, 4.69) is 29.0 Å². The Hall–Kier alpha value is -2.04. The van der Waals surface area contributed by atoms with Gasteiger partial charge in [0, 0.05) is 5.41 Å². The van der Waals surface area contributed by atoms with Crippen LogP contribution in [0.3, 0.4) is 0 Å². The Labute approximate surface area is 100 Å². The van der Waals surface area contributed by atoms with Crippen molar-refractivity contribution >= 4 is 5.95 Å². The van der Waals surface area contributed by atoms with Crippen LogP contribution in [0, 0.1) is 0 Å². The number of nitrogens with zero attached hydrogens (tertiary/aromatic N) is 2. The zero-order valence-corrected chi connectivity index (χ0v) is 10.2. The Balaban J connectivity index is 2.43. The summed E-state index contributed by atoms with van der Waals surface area (Å²) in [5.74, 6) is 1.82. The number of nitrogen functional groups attached to an aromatic ring is 1. The predicted octanol–water partition coefficient (Wildman–Crippen LogP) is 1.72. The lowest BCUT2D eigenvalue weighted by atomic mass is 9.84. The molecule has 0 aliphatic carbocycles. The molecule has 0 aliphatic rings. The lowest BCUT2D eigenvalue weighted by molar-refractivity contribution is 0.413. The molecule has 5 nitrogen and oxygen atoms in total. The molecular weight excluding hydrogens is 216 g/mol. The number of ether oxygens (including phenoxy) is 1. The van der Waals surface area contributed by atoms with Crippen LogP contribution in [-0.2, 0) is 5.41 Å². The summed E-state index contributed by atoms with van der Waals surface area (Å²) in [6, 6.07) is 7.88. The van der Waals surface area contributed by atoms with E-state index in [1.807, 2.05) is 24.3 Å². The first-order chi connectivity index (χ1) is 8.04. The highest BCUT2D eigenvalue weighted by Crippen LogP contribution is 2.31. The third-order valence-corrected chi connectivity index (χ3v) is 2.89. The second kappa shape index (κ2) is 4.08. The van der Waals surface area contributed by atoms with Crippen LogP contribution < -0.4 is 10.5 Å². The van der Waals surface area contributed by atoms with Crippen molar-refractivity contribution < 1.29 is 4.74 Å². The molecule has 2 aromatic rings. The van der Waals surface area contributed by atoms with Gasteiger partial charge in [-0.1, -0.05) is 12.1 Å². The molecule has 0 saturated carbocycles. The number of nitrogens with two attached hydrogens (primary N) is 1. The van der Waals surface area contributed by atoms with Gasteiger partial charge in [0.15, 0.2) is 0 Å². The Morgan fingerprint density at radius 2 is 2.12 bits per heavy atom. The van der Waals surface area contributed by atoms with Gasteiger partial charge >= 0.3 is 0 Å². The highest BCUT2D eigenvalue weighted by atomic mass is 16.5. The molecule has 1 aromatic carbocycles. The quantitative estimate of drug-likeness (QED) is 0.844. The third-order valence-electron chi connectivity index (χ3n) is 2.89. The van der Waals surface area contributed by atoms with Crippen molar-refractivity contribution in [1.29, 1.82) is 0 Å². The standard InChI is InChI=1S/C12H16N4O/c1-12(2,10-14-11(13)16-15-10)8-5-4-6-9(7-8)17-3/h4-7H,1-3H3,(H3,13,14,15,16). The summed E-state index contributed by atoms with van der Waals surface area (Å²) < 4.78 is 5.22. The number of hydrogen-bond acceptors (Lipinski definition) is 4. The van der Waals surface area contributed by atoms with Gasteiger partial charge in [0.25, 0.3) is 0 Å². The average molecular weight is 232 g/mol. The maximum Gasteiger partial charge on any atom is 0.239 e. The van der Waals surface area contributed by atoms with E-state index in [1.54, 1.807) is 7.11 Å². The highest BCUT2D eigenvalue weighted by Gasteiger charge is 2.27. The number of aromatic amines is 1. The number of anilines is 1. The Kier molecular flexibility index (Phi) is 2.75. The van der Waals surface area contributed by atoms with Crippen molar-refractivity contribution in [3.63, 3.8) is 0 Å². The van der Waals surface area contributed by atoms with Gasteiger partial charge < -0.3 is 10.5 Å². The monoisotopic (exact) mass is 232 g/mol. The smallest absolute Gasteiger partial charge is 0.239 e. The molecule has 2 rings (SSSR count). The summed E-state index contributed by atoms with van der Waals surface area (Å²) in [7, 11) is 1.65. The summed E-state index contributed by atoms with van der Waals surface area (Å²) in [5, 5.41) is 6.72. The van der Waals surface area contributed by atoms with Gasteiger partial charge in [0.05, 0.1) is 7.11 Å². The number of hydrogen-bond donors (Lipinski definition) is 2. The fraction of sp³-hybridized carbons (Fsp3) is 0.333. The molecule has 1 aromatic heterocycles. The molecular formula is C12H16N4O. The largest absolute Gasteiger partial charge is 0.497 e. The Morgan fingerprint density at radius 1 is 1.35 bits per heavy atom. The number of rotatable bonds is 3. The van der Waals surface area contributed by atoms with E-state index in [0.29, 0.717) is 0 Å². The summed E-state index contributed by atoms with van der Waals surface area (Å²) in [5.41, 5.74) is 6.33. The zero-order valence-electron chi connectivity index (χ0n) is 10.2. The maximum absolute atomic E-state index is 5.53. The van der Waals surface area contributed by atoms with E-state index in [-0.39, 0.29) is 11.4 Å². The van der Waals surface area contributed by atoms with E-state index in [1.165, 1.54) is 0 Å². The molecule has 0 fully saturated rings. The van der Waals surface area contributed by atoms with Crippen LogP contribution in [0.15, 0.2) is 24.3 Å². The molecule has 0 radical (unpaired) electrons. The van der Waals surface area contributed by atoms with Crippen LogP contribution in [0.2, 0.25) is 0 Å². The number of H-pyrrole nitrogens is 1. The van der Waals surface area contributed by atoms with Gasteiger partial charge in [-0.3, -0.25) is 5.10 Å². The van der Waals surface area contributed by atoms with Crippen molar-refractivity contribution in [3.8, 4) is 5.75 Å². The summed E-state index contributed by atoms with van der Waals surface area (Å²) in [6.45, 7) is 4.11. The third kappa shape index (κ3) is 2.08. The van der Waals surface area contributed by atoms with Crippen molar-refractivity contribution in [2.75, 3.05) is 12.8 Å².